The van der Waals surface area contributed by atoms with Crippen molar-refractivity contribution in [3.8, 4) is 0 Å². The largest absolute Gasteiger partial charge is 0.326 e. The Bertz CT molecular complexity index is 407. The van der Waals surface area contributed by atoms with E-state index in [1.807, 2.05) is 6.07 Å². The fraction of sp³-hybridized carbons (Fsp3) is 0.625. The number of halogens is 1. The van der Waals surface area contributed by atoms with Gasteiger partial charge in [0, 0.05) is 12.1 Å². The molecule has 3 heteroatoms. The molecule has 0 saturated carbocycles. The predicted octanol–water partition coefficient (Wildman–Crippen LogP) is 3.48. The van der Waals surface area contributed by atoms with E-state index < -0.39 is 0 Å². The van der Waals surface area contributed by atoms with Crippen molar-refractivity contribution in [1.29, 1.82) is 0 Å². The van der Waals surface area contributed by atoms with Crippen LogP contribution >= 0.6 is 0 Å². The molecule has 0 aliphatic carbocycles. The Balaban J connectivity index is 2.29. The number of nitrogens with zero attached hydrogens (tertiary/aromatic N) is 1. The summed E-state index contributed by atoms with van der Waals surface area (Å²) in [4.78, 5) is 2.46. The Labute approximate surface area is 115 Å². The molecule has 1 aromatic rings. The van der Waals surface area contributed by atoms with Crippen molar-refractivity contribution in [3.63, 3.8) is 0 Å². The standard InChI is InChI=1S/C16H25FN2/c1-3-15(18)16(13-8-6-9-14(17)11-13)19-10-5-4-7-12(19)2/h6,8-9,11-12,15-16H,3-5,7,10,18H2,1-2H3. The molecular weight excluding hydrogens is 239 g/mol. The van der Waals surface area contributed by atoms with Crippen molar-refractivity contribution in [2.45, 2.75) is 57.7 Å². The van der Waals surface area contributed by atoms with E-state index in [1.54, 1.807) is 12.1 Å². The maximum atomic E-state index is 13.5. The first-order chi connectivity index (χ1) is 9.13. The molecule has 0 spiro atoms. The zero-order valence-electron chi connectivity index (χ0n) is 12.0. The van der Waals surface area contributed by atoms with Crippen LogP contribution in [-0.2, 0) is 0 Å². The van der Waals surface area contributed by atoms with Crippen LogP contribution in [0.1, 0.15) is 51.1 Å². The topological polar surface area (TPSA) is 29.3 Å². The van der Waals surface area contributed by atoms with Gasteiger partial charge in [-0.3, -0.25) is 4.90 Å². The van der Waals surface area contributed by atoms with Gasteiger partial charge < -0.3 is 5.73 Å². The molecule has 2 rings (SSSR count). The van der Waals surface area contributed by atoms with Crippen molar-refractivity contribution in [3.05, 3.63) is 35.6 Å². The molecule has 3 unspecified atom stereocenters. The zero-order valence-corrected chi connectivity index (χ0v) is 12.0. The first kappa shape index (κ1) is 14.5. The summed E-state index contributed by atoms with van der Waals surface area (Å²) in [7, 11) is 0. The number of hydrogen-bond acceptors (Lipinski definition) is 2. The normalized spacial score (nSPS) is 24.1. The van der Waals surface area contributed by atoms with Crippen LogP contribution in [0.15, 0.2) is 24.3 Å². The van der Waals surface area contributed by atoms with Crippen LogP contribution in [0, 0.1) is 5.82 Å². The van der Waals surface area contributed by atoms with E-state index in [1.165, 1.54) is 25.3 Å². The molecule has 0 amide bonds. The maximum Gasteiger partial charge on any atom is 0.123 e. The Hall–Kier alpha value is -0.930. The number of nitrogens with two attached hydrogens (primary N) is 1. The Morgan fingerprint density at radius 2 is 2.21 bits per heavy atom. The van der Waals surface area contributed by atoms with Gasteiger partial charge in [0.1, 0.15) is 5.82 Å². The van der Waals surface area contributed by atoms with Crippen molar-refractivity contribution in [2.24, 2.45) is 5.73 Å². The predicted molar refractivity (Wildman–Crippen MR) is 77.4 cm³/mol. The van der Waals surface area contributed by atoms with Gasteiger partial charge >= 0.3 is 0 Å². The highest BCUT2D eigenvalue weighted by Gasteiger charge is 2.30. The summed E-state index contributed by atoms with van der Waals surface area (Å²) < 4.78 is 13.5. The maximum absolute atomic E-state index is 13.5. The fourth-order valence-electron chi connectivity index (χ4n) is 3.13. The van der Waals surface area contributed by atoms with Crippen LogP contribution in [0.2, 0.25) is 0 Å². The number of hydrogen-bond donors (Lipinski definition) is 1. The van der Waals surface area contributed by atoms with Gasteiger partial charge in [-0.15, -0.1) is 0 Å². The molecule has 106 valence electrons. The minimum Gasteiger partial charge on any atom is -0.326 e. The lowest BCUT2D eigenvalue weighted by atomic mass is 9.91. The summed E-state index contributed by atoms with van der Waals surface area (Å²) >= 11 is 0. The molecule has 1 aromatic carbocycles. The van der Waals surface area contributed by atoms with Gasteiger partial charge in [-0.1, -0.05) is 25.5 Å². The van der Waals surface area contributed by atoms with Gasteiger partial charge in [-0.25, -0.2) is 4.39 Å². The Kier molecular flexibility index (Phi) is 4.94. The van der Waals surface area contributed by atoms with Gasteiger partial charge in [-0.2, -0.15) is 0 Å². The van der Waals surface area contributed by atoms with Crippen molar-refractivity contribution in [1.82, 2.24) is 4.90 Å². The van der Waals surface area contributed by atoms with Gasteiger partial charge in [-0.05, 0) is 50.4 Å². The highest BCUT2D eigenvalue weighted by molar-refractivity contribution is 5.22. The molecule has 2 nitrogen and oxygen atoms in total. The van der Waals surface area contributed by atoms with Gasteiger partial charge in [0.05, 0.1) is 6.04 Å². The Morgan fingerprint density at radius 1 is 1.42 bits per heavy atom. The average molecular weight is 264 g/mol. The molecule has 3 atom stereocenters. The third kappa shape index (κ3) is 3.34. The molecule has 0 aromatic heterocycles. The lowest BCUT2D eigenvalue weighted by Gasteiger charge is -2.42. The number of piperidine rings is 1. The summed E-state index contributed by atoms with van der Waals surface area (Å²) in [5.41, 5.74) is 7.35. The van der Waals surface area contributed by atoms with Gasteiger partial charge in [0.2, 0.25) is 0 Å². The van der Waals surface area contributed by atoms with E-state index in [-0.39, 0.29) is 17.9 Å². The average Bonchev–Trinajstić information content (AvgIpc) is 2.41. The van der Waals surface area contributed by atoms with Crippen LogP contribution in [-0.4, -0.2) is 23.5 Å². The van der Waals surface area contributed by atoms with Crippen LogP contribution in [0.5, 0.6) is 0 Å². The summed E-state index contributed by atoms with van der Waals surface area (Å²) in [6.45, 7) is 5.43. The summed E-state index contributed by atoms with van der Waals surface area (Å²) in [6, 6.07) is 7.65. The molecule has 2 N–H and O–H groups in total. The minimum absolute atomic E-state index is 0.0577. The van der Waals surface area contributed by atoms with E-state index in [2.05, 4.69) is 18.7 Å². The second-order valence-corrected chi connectivity index (χ2v) is 5.65. The first-order valence-electron chi connectivity index (χ1n) is 7.40. The molecule has 1 aliphatic heterocycles. The number of likely N-dealkylation sites (tertiary alicyclic amines) is 1. The number of rotatable bonds is 4. The molecular formula is C16H25FN2. The van der Waals surface area contributed by atoms with E-state index in [4.69, 9.17) is 5.73 Å². The smallest absolute Gasteiger partial charge is 0.123 e. The monoisotopic (exact) mass is 264 g/mol. The SMILES string of the molecule is CCC(N)C(c1cccc(F)c1)N1CCCCC1C. The van der Waals surface area contributed by atoms with E-state index >= 15 is 0 Å². The summed E-state index contributed by atoms with van der Waals surface area (Å²) in [5, 5.41) is 0. The van der Waals surface area contributed by atoms with E-state index in [0.717, 1.165) is 18.5 Å². The van der Waals surface area contributed by atoms with Crippen molar-refractivity contribution >= 4 is 0 Å². The third-order valence-corrected chi connectivity index (χ3v) is 4.28. The van der Waals surface area contributed by atoms with Crippen LogP contribution < -0.4 is 5.73 Å². The van der Waals surface area contributed by atoms with Crippen LogP contribution in [0.4, 0.5) is 4.39 Å². The quantitative estimate of drug-likeness (QED) is 0.902. The first-order valence-corrected chi connectivity index (χ1v) is 7.40. The molecule has 0 radical (unpaired) electrons. The van der Waals surface area contributed by atoms with Crippen molar-refractivity contribution in [2.75, 3.05) is 6.54 Å². The molecule has 1 aliphatic rings. The zero-order chi connectivity index (χ0) is 13.8. The fourth-order valence-corrected chi connectivity index (χ4v) is 3.13. The highest BCUT2D eigenvalue weighted by Crippen LogP contribution is 2.31. The van der Waals surface area contributed by atoms with Crippen molar-refractivity contribution < 1.29 is 4.39 Å². The van der Waals surface area contributed by atoms with E-state index in [0.29, 0.717) is 6.04 Å². The molecule has 1 saturated heterocycles. The summed E-state index contributed by atoms with van der Waals surface area (Å²) in [5.74, 6) is -0.171. The Morgan fingerprint density at radius 3 is 2.84 bits per heavy atom. The second kappa shape index (κ2) is 6.49. The van der Waals surface area contributed by atoms with Gasteiger partial charge in [0.25, 0.3) is 0 Å². The molecule has 1 fully saturated rings. The van der Waals surface area contributed by atoms with Gasteiger partial charge in [0.15, 0.2) is 0 Å². The second-order valence-electron chi connectivity index (χ2n) is 5.65. The third-order valence-electron chi connectivity index (χ3n) is 4.28. The molecule has 19 heavy (non-hydrogen) atoms. The van der Waals surface area contributed by atoms with Crippen LogP contribution in [0.3, 0.4) is 0 Å². The summed E-state index contributed by atoms with van der Waals surface area (Å²) in [6.07, 6.45) is 4.62. The van der Waals surface area contributed by atoms with E-state index in [9.17, 15) is 4.39 Å². The highest BCUT2D eigenvalue weighted by atomic mass is 19.1. The molecule has 0 bridgehead atoms. The lowest BCUT2D eigenvalue weighted by molar-refractivity contribution is 0.0878. The van der Waals surface area contributed by atoms with Crippen LogP contribution in [0.25, 0.3) is 0 Å². The lowest BCUT2D eigenvalue weighted by Crippen LogP contribution is -2.47. The molecule has 1 heterocycles. The minimum atomic E-state index is -0.171. The number of benzene rings is 1.